The third kappa shape index (κ3) is 4.82. The van der Waals surface area contributed by atoms with Crippen molar-refractivity contribution in [2.24, 2.45) is 5.41 Å². The molecule has 0 spiro atoms. The molecule has 0 aliphatic carbocycles. The van der Waals surface area contributed by atoms with Gasteiger partial charge < -0.3 is 10.2 Å². The molecule has 114 valence electrons. The zero-order valence-corrected chi connectivity index (χ0v) is 14.2. The van der Waals surface area contributed by atoms with Crippen LogP contribution in [0.1, 0.15) is 46.1 Å². The Kier molecular flexibility index (Phi) is 6.54. The van der Waals surface area contributed by atoms with Gasteiger partial charge in [0.05, 0.1) is 0 Å². The molecule has 0 radical (unpaired) electrons. The van der Waals surface area contributed by atoms with Gasteiger partial charge in [-0.1, -0.05) is 45.4 Å². The molecule has 0 saturated heterocycles. The first kappa shape index (κ1) is 17.0. The summed E-state index contributed by atoms with van der Waals surface area (Å²) >= 11 is 0. The van der Waals surface area contributed by atoms with Gasteiger partial charge in [0.1, 0.15) is 0 Å². The molecule has 0 fully saturated rings. The van der Waals surface area contributed by atoms with Crippen molar-refractivity contribution in [1.82, 2.24) is 5.32 Å². The molecule has 0 amide bonds. The van der Waals surface area contributed by atoms with E-state index in [9.17, 15) is 0 Å². The van der Waals surface area contributed by atoms with Crippen molar-refractivity contribution < 1.29 is 0 Å². The zero-order chi connectivity index (χ0) is 15.2. The van der Waals surface area contributed by atoms with Gasteiger partial charge in [-0.25, -0.2) is 0 Å². The molecule has 1 aromatic carbocycles. The van der Waals surface area contributed by atoms with E-state index in [1.54, 1.807) is 0 Å². The summed E-state index contributed by atoms with van der Waals surface area (Å²) in [7, 11) is 2.21. The van der Waals surface area contributed by atoms with Crippen molar-refractivity contribution in [3.8, 4) is 0 Å². The summed E-state index contributed by atoms with van der Waals surface area (Å²) in [5.41, 5.74) is 2.98. The van der Waals surface area contributed by atoms with Crippen LogP contribution in [0.3, 0.4) is 0 Å². The third-order valence-corrected chi connectivity index (χ3v) is 4.43. The number of anilines is 1. The first-order valence-electron chi connectivity index (χ1n) is 7.93. The molecular weight excluding hydrogens is 244 g/mol. The molecule has 0 aliphatic heterocycles. The Bertz CT molecular complexity index is 377. The van der Waals surface area contributed by atoms with Crippen molar-refractivity contribution >= 4 is 5.69 Å². The average Bonchev–Trinajstić information content (AvgIpc) is 2.44. The van der Waals surface area contributed by atoms with E-state index in [4.69, 9.17) is 0 Å². The first-order chi connectivity index (χ1) is 9.42. The predicted molar refractivity (Wildman–Crippen MR) is 90.6 cm³/mol. The lowest BCUT2D eigenvalue weighted by Crippen LogP contribution is -2.44. The Balaban J connectivity index is 2.75. The fourth-order valence-electron chi connectivity index (χ4n) is 2.59. The van der Waals surface area contributed by atoms with Gasteiger partial charge in [0.15, 0.2) is 0 Å². The maximum absolute atomic E-state index is 3.63. The lowest BCUT2D eigenvalue weighted by atomic mass is 9.81. The standard InChI is InChI=1S/C18H32N2/c1-7-18(8-2,13-19-15(3)4)14-20(6)17-11-9-16(5)10-12-17/h9-12,15,19H,7-8,13-14H2,1-6H3. The SMILES string of the molecule is CCC(CC)(CNC(C)C)CN(C)c1ccc(C)cc1. The fourth-order valence-corrected chi connectivity index (χ4v) is 2.59. The van der Waals surface area contributed by atoms with E-state index in [-0.39, 0.29) is 0 Å². The lowest BCUT2D eigenvalue weighted by molar-refractivity contribution is 0.248. The van der Waals surface area contributed by atoms with E-state index < -0.39 is 0 Å². The molecule has 1 aromatic rings. The molecule has 0 aliphatic rings. The minimum atomic E-state index is 0.351. The maximum Gasteiger partial charge on any atom is 0.0363 e. The van der Waals surface area contributed by atoms with Crippen LogP contribution in [0.2, 0.25) is 0 Å². The van der Waals surface area contributed by atoms with Crippen molar-refractivity contribution in [2.75, 3.05) is 25.0 Å². The summed E-state index contributed by atoms with van der Waals surface area (Å²) in [4.78, 5) is 2.40. The van der Waals surface area contributed by atoms with Crippen molar-refractivity contribution in [3.63, 3.8) is 0 Å². The predicted octanol–water partition coefficient (Wildman–Crippen LogP) is 4.24. The van der Waals surface area contributed by atoms with Crippen LogP contribution in [0.4, 0.5) is 5.69 Å². The minimum Gasteiger partial charge on any atom is -0.374 e. The second-order valence-corrected chi connectivity index (χ2v) is 6.43. The number of nitrogens with one attached hydrogen (secondary N) is 1. The highest BCUT2D eigenvalue weighted by Gasteiger charge is 2.27. The van der Waals surface area contributed by atoms with Crippen LogP contribution in [0.15, 0.2) is 24.3 Å². The highest BCUT2D eigenvalue weighted by atomic mass is 15.1. The Labute approximate surface area is 125 Å². The lowest BCUT2D eigenvalue weighted by Gasteiger charge is -2.37. The molecule has 1 N–H and O–H groups in total. The van der Waals surface area contributed by atoms with Gasteiger partial charge in [-0.3, -0.25) is 0 Å². The van der Waals surface area contributed by atoms with Crippen molar-refractivity contribution in [3.05, 3.63) is 29.8 Å². The minimum absolute atomic E-state index is 0.351. The summed E-state index contributed by atoms with van der Waals surface area (Å²) in [6, 6.07) is 9.38. The summed E-state index contributed by atoms with van der Waals surface area (Å²) < 4.78 is 0. The van der Waals surface area contributed by atoms with Crippen LogP contribution in [0, 0.1) is 12.3 Å². The van der Waals surface area contributed by atoms with Crippen LogP contribution in [0.5, 0.6) is 0 Å². The molecule has 0 heterocycles. The number of rotatable bonds is 8. The van der Waals surface area contributed by atoms with E-state index in [1.807, 2.05) is 0 Å². The van der Waals surface area contributed by atoms with Gasteiger partial charge >= 0.3 is 0 Å². The Hall–Kier alpha value is -1.02. The molecule has 0 aromatic heterocycles. The van der Waals surface area contributed by atoms with Crippen LogP contribution < -0.4 is 10.2 Å². The molecule has 1 rings (SSSR count). The van der Waals surface area contributed by atoms with Gasteiger partial charge in [0.25, 0.3) is 0 Å². The summed E-state index contributed by atoms with van der Waals surface area (Å²) in [5, 5.41) is 3.63. The number of benzene rings is 1. The number of hydrogen-bond donors (Lipinski definition) is 1. The second-order valence-electron chi connectivity index (χ2n) is 6.43. The average molecular weight is 276 g/mol. The van der Waals surface area contributed by atoms with Gasteiger partial charge in [-0.2, -0.15) is 0 Å². The van der Waals surface area contributed by atoms with E-state index in [0.29, 0.717) is 11.5 Å². The number of aryl methyl sites for hydroxylation is 1. The van der Waals surface area contributed by atoms with Gasteiger partial charge in [-0.05, 0) is 37.3 Å². The summed E-state index contributed by atoms with van der Waals surface area (Å²) in [5.74, 6) is 0. The van der Waals surface area contributed by atoms with E-state index in [0.717, 1.165) is 13.1 Å². The largest absolute Gasteiger partial charge is 0.374 e. The maximum atomic E-state index is 3.63. The number of nitrogens with zero attached hydrogens (tertiary/aromatic N) is 1. The highest BCUT2D eigenvalue weighted by molar-refractivity contribution is 5.46. The molecule has 0 bridgehead atoms. The highest BCUT2D eigenvalue weighted by Crippen LogP contribution is 2.28. The van der Waals surface area contributed by atoms with Crippen molar-refractivity contribution in [1.29, 1.82) is 0 Å². The summed E-state index contributed by atoms with van der Waals surface area (Å²) in [6.45, 7) is 13.4. The van der Waals surface area contributed by atoms with Crippen LogP contribution in [-0.2, 0) is 0 Å². The van der Waals surface area contributed by atoms with Crippen LogP contribution >= 0.6 is 0 Å². The van der Waals surface area contributed by atoms with Gasteiger partial charge in [0.2, 0.25) is 0 Å². The van der Waals surface area contributed by atoms with E-state index >= 15 is 0 Å². The van der Waals surface area contributed by atoms with E-state index in [2.05, 4.69) is 76.1 Å². The Morgan fingerprint density at radius 3 is 2.10 bits per heavy atom. The molecule has 0 saturated carbocycles. The topological polar surface area (TPSA) is 15.3 Å². The smallest absolute Gasteiger partial charge is 0.0363 e. The molecule has 0 unspecified atom stereocenters. The Morgan fingerprint density at radius 2 is 1.65 bits per heavy atom. The second kappa shape index (κ2) is 7.68. The van der Waals surface area contributed by atoms with Gasteiger partial charge in [-0.15, -0.1) is 0 Å². The van der Waals surface area contributed by atoms with Crippen molar-refractivity contribution in [2.45, 2.75) is 53.5 Å². The van der Waals surface area contributed by atoms with Crippen LogP contribution in [0.25, 0.3) is 0 Å². The number of hydrogen-bond acceptors (Lipinski definition) is 2. The Morgan fingerprint density at radius 1 is 1.10 bits per heavy atom. The normalized spacial score (nSPS) is 11.9. The fraction of sp³-hybridized carbons (Fsp3) is 0.667. The monoisotopic (exact) mass is 276 g/mol. The molecular formula is C18H32N2. The first-order valence-corrected chi connectivity index (χ1v) is 7.93. The third-order valence-electron chi connectivity index (χ3n) is 4.43. The molecule has 0 atom stereocenters. The van der Waals surface area contributed by atoms with Crippen LogP contribution in [-0.4, -0.2) is 26.2 Å². The van der Waals surface area contributed by atoms with E-state index in [1.165, 1.54) is 24.1 Å². The summed E-state index contributed by atoms with van der Waals surface area (Å²) in [6.07, 6.45) is 2.42. The molecule has 2 nitrogen and oxygen atoms in total. The quantitative estimate of drug-likeness (QED) is 0.764. The molecule has 20 heavy (non-hydrogen) atoms. The zero-order valence-electron chi connectivity index (χ0n) is 14.2. The van der Waals surface area contributed by atoms with Gasteiger partial charge in [0, 0.05) is 31.9 Å². The molecule has 2 heteroatoms.